The minimum absolute atomic E-state index is 0.559. The van der Waals surface area contributed by atoms with Gasteiger partial charge in [-0.15, -0.1) is 0 Å². The molecule has 84 valence electrons. The van der Waals surface area contributed by atoms with Gasteiger partial charge in [-0.1, -0.05) is 11.6 Å². The first-order valence-electron chi connectivity index (χ1n) is 5.19. The molecular formula is C12H13ClN2O. The van der Waals surface area contributed by atoms with Gasteiger partial charge in [-0.05, 0) is 31.5 Å². The number of benzene rings is 1. The fraction of sp³-hybridized carbons (Fsp3) is 0.417. The van der Waals surface area contributed by atoms with Crippen molar-refractivity contribution in [1.82, 2.24) is 0 Å². The maximum atomic E-state index is 9.89. The average molecular weight is 237 g/mol. The van der Waals surface area contributed by atoms with Crippen LogP contribution in [-0.4, -0.2) is 23.8 Å². The lowest BCUT2D eigenvalue weighted by Crippen LogP contribution is -2.29. The van der Waals surface area contributed by atoms with E-state index in [1.807, 2.05) is 17.9 Å². The fourth-order valence-corrected chi connectivity index (χ4v) is 2.20. The van der Waals surface area contributed by atoms with Crippen molar-refractivity contribution in [1.29, 1.82) is 5.26 Å². The Kier molecular flexibility index (Phi) is 2.79. The van der Waals surface area contributed by atoms with E-state index in [1.54, 1.807) is 12.1 Å². The molecule has 1 aliphatic rings. The molecule has 0 aromatic heterocycles. The zero-order chi connectivity index (χ0) is 11.8. The quantitative estimate of drug-likeness (QED) is 0.813. The van der Waals surface area contributed by atoms with E-state index in [9.17, 15) is 5.11 Å². The Morgan fingerprint density at radius 2 is 2.31 bits per heavy atom. The lowest BCUT2D eigenvalue weighted by Gasteiger charge is -2.21. The Labute approximate surface area is 99.9 Å². The molecule has 1 unspecified atom stereocenters. The van der Waals surface area contributed by atoms with Gasteiger partial charge in [0.1, 0.15) is 6.07 Å². The third-order valence-electron chi connectivity index (χ3n) is 2.87. The second-order valence-electron chi connectivity index (χ2n) is 4.44. The molecule has 0 spiro atoms. The van der Waals surface area contributed by atoms with Gasteiger partial charge in [0.15, 0.2) is 0 Å². The summed E-state index contributed by atoms with van der Waals surface area (Å²) in [6, 6.07) is 7.39. The van der Waals surface area contributed by atoms with E-state index in [-0.39, 0.29) is 0 Å². The molecule has 1 aromatic carbocycles. The predicted octanol–water partition coefficient (Wildman–Crippen LogP) is 2.17. The largest absolute Gasteiger partial charge is 0.388 e. The van der Waals surface area contributed by atoms with Crippen LogP contribution in [-0.2, 0) is 0 Å². The Morgan fingerprint density at radius 3 is 2.88 bits per heavy atom. The summed E-state index contributed by atoms with van der Waals surface area (Å²) in [6.07, 6.45) is 0.723. The number of aliphatic hydroxyl groups is 1. The summed E-state index contributed by atoms with van der Waals surface area (Å²) in [4.78, 5) is 2.02. The molecule has 0 bridgehead atoms. The topological polar surface area (TPSA) is 47.3 Å². The van der Waals surface area contributed by atoms with E-state index < -0.39 is 5.60 Å². The molecular weight excluding hydrogens is 224 g/mol. The van der Waals surface area contributed by atoms with Gasteiger partial charge in [-0.3, -0.25) is 0 Å². The lowest BCUT2D eigenvalue weighted by atomic mass is 10.1. The monoisotopic (exact) mass is 236 g/mol. The van der Waals surface area contributed by atoms with Crippen LogP contribution in [0.5, 0.6) is 0 Å². The summed E-state index contributed by atoms with van der Waals surface area (Å²) < 4.78 is 0. The minimum Gasteiger partial charge on any atom is -0.388 e. The van der Waals surface area contributed by atoms with E-state index >= 15 is 0 Å². The van der Waals surface area contributed by atoms with Gasteiger partial charge < -0.3 is 10.0 Å². The molecule has 1 aliphatic heterocycles. The third-order valence-corrected chi connectivity index (χ3v) is 3.11. The third kappa shape index (κ3) is 2.13. The normalized spacial score (nSPS) is 24.5. The number of hydrogen-bond donors (Lipinski definition) is 1. The summed E-state index contributed by atoms with van der Waals surface area (Å²) in [7, 11) is 0. The molecule has 1 atom stereocenters. The predicted molar refractivity (Wildman–Crippen MR) is 63.6 cm³/mol. The van der Waals surface area contributed by atoms with Crippen LogP contribution in [0.3, 0.4) is 0 Å². The highest BCUT2D eigenvalue weighted by molar-refractivity contribution is 6.30. The minimum atomic E-state index is -0.660. The maximum absolute atomic E-state index is 9.89. The van der Waals surface area contributed by atoms with Gasteiger partial charge in [0, 0.05) is 18.1 Å². The molecule has 0 amide bonds. The van der Waals surface area contributed by atoms with Crippen molar-refractivity contribution in [2.45, 2.75) is 18.9 Å². The molecule has 1 aromatic rings. The van der Waals surface area contributed by atoms with Crippen LogP contribution in [0.15, 0.2) is 18.2 Å². The summed E-state index contributed by atoms with van der Waals surface area (Å²) in [5, 5.41) is 19.5. The van der Waals surface area contributed by atoms with Crippen LogP contribution in [0.4, 0.5) is 5.69 Å². The van der Waals surface area contributed by atoms with Gasteiger partial charge >= 0.3 is 0 Å². The highest BCUT2D eigenvalue weighted by atomic mass is 35.5. The van der Waals surface area contributed by atoms with E-state index in [2.05, 4.69) is 6.07 Å². The van der Waals surface area contributed by atoms with Crippen LogP contribution in [0.25, 0.3) is 0 Å². The van der Waals surface area contributed by atoms with Crippen molar-refractivity contribution in [3.63, 3.8) is 0 Å². The number of β-amino-alcohol motifs (C(OH)–C–C–N with tert-alkyl or cyclic N) is 1. The summed E-state index contributed by atoms with van der Waals surface area (Å²) in [5.41, 5.74) is 0.752. The van der Waals surface area contributed by atoms with Gasteiger partial charge in [-0.25, -0.2) is 0 Å². The van der Waals surface area contributed by atoms with Gasteiger partial charge in [0.05, 0.1) is 16.9 Å². The average Bonchev–Trinajstić information content (AvgIpc) is 2.58. The zero-order valence-corrected chi connectivity index (χ0v) is 9.83. The molecule has 16 heavy (non-hydrogen) atoms. The van der Waals surface area contributed by atoms with Crippen LogP contribution in [0, 0.1) is 11.3 Å². The molecule has 1 saturated heterocycles. The Hall–Kier alpha value is -1.24. The van der Waals surface area contributed by atoms with Crippen molar-refractivity contribution in [3.05, 3.63) is 28.8 Å². The second kappa shape index (κ2) is 3.97. The number of anilines is 1. The van der Waals surface area contributed by atoms with Crippen LogP contribution in [0.2, 0.25) is 5.02 Å². The smallest absolute Gasteiger partial charge is 0.101 e. The first-order chi connectivity index (χ1) is 7.52. The van der Waals surface area contributed by atoms with Gasteiger partial charge in [0.2, 0.25) is 0 Å². The van der Waals surface area contributed by atoms with Crippen LogP contribution in [0.1, 0.15) is 18.9 Å². The number of nitriles is 1. The molecule has 1 heterocycles. The van der Waals surface area contributed by atoms with Crippen molar-refractivity contribution < 1.29 is 5.11 Å². The van der Waals surface area contributed by atoms with Crippen LogP contribution < -0.4 is 4.90 Å². The maximum Gasteiger partial charge on any atom is 0.101 e. The number of rotatable bonds is 1. The number of nitrogens with zero attached hydrogens (tertiary/aromatic N) is 2. The number of halogens is 1. The molecule has 3 nitrogen and oxygen atoms in total. The molecule has 0 radical (unpaired) electrons. The highest BCUT2D eigenvalue weighted by Crippen LogP contribution is 2.30. The van der Waals surface area contributed by atoms with E-state index in [0.717, 1.165) is 18.7 Å². The molecule has 4 heteroatoms. The van der Waals surface area contributed by atoms with Crippen molar-refractivity contribution >= 4 is 17.3 Å². The zero-order valence-electron chi connectivity index (χ0n) is 9.07. The molecule has 1 fully saturated rings. The van der Waals surface area contributed by atoms with Gasteiger partial charge in [-0.2, -0.15) is 5.26 Å². The first-order valence-corrected chi connectivity index (χ1v) is 5.57. The Bertz CT molecular complexity index is 451. The number of hydrogen-bond acceptors (Lipinski definition) is 3. The van der Waals surface area contributed by atoms with Crippen molar-refractivity contribution in [3.8, 4) is 6.07 Å². The highest BCUT2D eigenvalue weighted by Gasteiger charge is 2.32. The standard InChI is InChI=1S/C12H13ClN2O/c1-12(16)4-5-15(8-12)11-3-2-10(13)6-9(11)7-14/h2-3,6,16H,4-5,8H2,1H3. The molecule has 1 N–H and O–H groups in total. The summed E-state index contributed by atoms with van der Waals surface area (Å²) >= 11 is 5.84. The summed E-state index contributed by atoms with van der Waals surface area (Å²) in [5.74, 6) is 0. The fourth-order valence-electron chi connectivity index (χ4n) is 2.02. The molecule has 0 saturated carbocycles. The van der Waals surface area contributed by atoms with E-state index in [0.29, 0.717) is 17.1 Å². The van der Waals surface area contributed by atoms with Gasteiger partial charge in [0.25, 0.3) is 0 Å². The van der Waals surface area contributed by atoms with Crippen molar-refractivity contribution in [2.75, 3.05) is 18.0 Å². The Morgan fingerprint density at radius 1 is 1.56 bits per heavy atom. The Balaban J connectivity index is 2.32. The summed E-state index contributed by atoms with van der Waals surface area (Å²) in [6.45, 7) is 3.14. The van der Waals surface area contributed by atoms with Crippen LogP contribution >= 0.6 is 11.6 Å². The van der Waals surface area contributed by atoms with Crippen molar-refractivity contribution in [2.24, 2.45) is 0 Å². The first kappa shape index (κ1) is 11.3. The molecule has 2 rings (SSSR count). The van der Waals surface area contributed by atoms with E-state index in [1.165, 1.54) is 0 Å². The SMILES string of the molecule is CC1(O)CCN(c2ccc(Cl)cc2C#N)C1. The molecule has 0 aliphatic carbocycles. The van der Waals surface area contributed by atoms with E-state index in [4.69, 9.17) is 16.9 Å². The lowest BCUT2D eigenvalue weighted by molar-refractivity contribution is 0.0839. The second-order valence-corrected chi connectivity index (χ2v) is 4.88.